The molecule has 1 aliphatic heterocycles. The van der Waals surface area contributed by atoms with Crippen molar-refractivity contribution in [2.45, 2.75) is 31.9 Å². The number of nitrogens with zero attached hydrogens (tertiary/aromatic N) is 1. The molecule has 7 nitrogen and oxygen atoms in total. The molecule has 0 saturated carbocycles. The summed E-state index contributed by atoms with van der Waals surface area (Å²) in [5.74, 6) is -0.783. The van der Waals surface area contributed by atoms with Crippen molar-refractivity contribution in [2.75, 3.05) is 20.3 Å². The number of halogens is 1. The third-order valence-electron chi connectivity index (χ3n) is 4.60. The Hall–Kier alpha value is -2.64. The van der Waals surface area contributed by atoms with E-state index in [1.54, 1.807) is 6.07 Å². The monoisotopic (exact) mass is 418 g/mol. The van der Waals surface area contributed by atoms with E-state index in [1.165, 1.54) is 19.4 Å². The van der Waals surface area contributed by atoms with Crippen molar-refractivity contribution in [2.24, 2.45) is 0 Å². The summed E-state index contributed by atoms with van der Waals surface area (Å²) in [4.78, 5) is 29.1. The minimum absolute atomic E-state index is 0.0153. The Morgan fingerprint density at radius 1 is 1.28 bits per heavy atom. The number of carbonyl (C=O) groups excluding carboxylic acids is 2. The number of esters is 1. The average Bonchev–Trinajstić information content (AvgIpc) is 2.73. The Labute approximate surface area is 174 Å². The van der Waals surface area contributed by atoms with Crippen molar-refractivity contribution in [3.05, 3.63) is 58.2 Å². The van der Waals surface area contributed by atoms with Gasteiger partial charge in [-0.05, 0) is 18.6 Å². The first-order chi connectivity index (χ1) is 14.0. The SMILES string of the molecule is COC(=O)C(NC(=O)c1cnc(OC2CCOCC2)c(Cl)c1)c1cccc(C)c1. The van der Waals surface area contributed by atoms with Gasteiger partial charge >= 0.3 is 5.97 Å². The molecule has 154 valence electrons. The van der Waals surface area contributed by atoms with Crippen LogP contribution in [0.2, 0.25) is 5.02 Å². The van der Waals surface area contributed by atoms with Crippen LogP contribution in [0.15, 0.2) is 36.5 Å². The third-order valence-corrected chi connectivity index (χ3v) is 4.87. The molecule has 0 bridgehead atoms. The molecule has 1 fully saturated rings. The molecular formula is C21H23ClN2O5. The van der Waals surface area contributed by atoms with E-state index < -0.39 is 17.9 Å². The lowest BCUT2D eigenvalue weighted by molar-refractivity contribution is -0.143. The maximum atomic E-state index is 12.7. The van der Waals surface area contributed by atoms with E-state index >= 15 is 0 Å². The van der Waals surface area contributed by atoms with Gasteiger partial charge in [-0.3, -0.25) is 4.79 Å². The molecule has 29 heavy (non-hydrogen) atoms. The number of aryl methyl sites for hydroxylation is 1. The highest BCUT2D eigenvalue weighted by Gasteiger charge is 2.25. The quantitative estimate of drug-likeness (QED) is 0.724. The number of hydrogen-bond acceptors (Lipinski definition) is 6. The molecule has 0 radical (unpaired) electrons. The van der Waals surface area contributed by atoms with E-state index in [4.69, 9.17) is 25.8 Å². The molecule has 3 rings (SSSR count). The van der Waals surface area contributed by atoms with Crippen LogP contribution in [0, 0.1) is 6.92 Å². The Morgan fingerprint density at radius 3 is 2.69 bits per heavy atom. The van der Waals surface area contributed by atoms with Crippen molar-refractivity contribution in [3.8, 4) is 5.88 Å². The van der Waals surface area contributed by atoms with Crippen LogP contribution < -0.4 is 10.1 Å². The number of methoxy groups -OCH3 is 1. The summed E-state index contributed by atoms with van der Waals surface area (Å²) in [6, 6.07) is 7.82. The first-order valence-electron chi connectivity index (χ1n) is 9.33. The Kier molecular flexibility index (Phi) is 7.06. The first kappa shape index (κ1) is 21.1. The van der Waals surface area contributed by atoms with Crippen molar-refractivity contribution >= 4 is 23.5 Å². The predicted molar refractivity (Wildman–Crippen MR) is 107 cm³/mol. The zero-order chi connectivity index (χ0) is 20.8. The van der Waals surface area contributed by atoms with Crippen LogP contribution in [-0.4, -0.2) is 43.3 Å². The van der Waals surface area contributed by atoms with Gasteiger partial charge in [-0.25, -0.2) is 9.78 Å². The summed E-state index contributed by atoms with van der Waals surface area (Å²) >= 11 is 6.27. The molecule has 1 saturated heterocycles. The van der Waals surface area contributed by atoms with Crippen LogP contribution in [0.25, 0.3) is 0 Å². The summed E-state index contributed by atoms with van der Waals surface area (Å²) in [5, 5.41) is 2.92. The number of nitrogens with one attached hydrogen (secondary N) is 1. The topological polar surface area (TPSA) is 86.8 Å². The number of rotatable bonds is 6. The van der Waals surface area contributed by atoms with E-state index in [0.717, 1.165) is 18.4 Å². The largest absolute Gasteiger partial charge is 0.473 e. The highest BCUT2D eigenvalue weighted by atomic mass is 35.5. The maximum Gasteiger partial charge on any atom is 0.333 e. The summed E-state index contributed by atoms with van der Waals surface area (Å²) in [6.07, 6.45) is 2.88. The summed E-state index contributed by atoms with van der Waals surface area (Å²) in [6.45, 7) is 3.17. The second-order valence-corrected chi connectivity index (χ2v) is 7.19. The van der Waals surface area contributed by atoms with Crippen LogP contribution in [-0.2, 0) is 14.3 Å². The van der Waals surface area contributed by atoms with Crippen molar-refractivity contribution < 1.29 is 23.8 Å². The van der Waals surface area contributed by atoms with Gasteiger partial charge in [0.05, 0.1) is 25.9 Å². The van der Waals surface area contributed by atoms with E-state index in [9.17, 15) is 9.59 Å². The molecule has 8 heteroatoms. The van der Waals surface area contributed by atoms with Crippen molar-refractivity contribution in [1.82, 2.24) is 10.3 Å². The smallest absolute Gasteiger partial charge is 0.333 e. The molecule has 2 aromatic rings. The standard InChI is InChI=1S/C21H23ClN2O5/c1-13-4-3-5-14(10-13)18(21(26)27-2)24-19(25)15-11-17(22)20(23-12-15)29-16-6-8-28-9-7-16/h3-5,10-12,16,18H,6-9H2,1-2H3,(H,24,25). The molecule has 1 atom stereocenters. The zero-order valence-electron chi connectivity index (χ0n) is 16.3. The second-order valence-electron chi connectivity index (χ2n) is 6.78. The summed E-state index contributed by atoms with van der Waals surface area (Å²) in [5.41, 5.74) is 1.81. The van der Waals surface area contributed by atoms with Crippen molar-refractivity contribution in [3.63, 3.8) is 0 Å². The maximum absolute atomic E-state index is 12.7. The van der Waals surface area contributed by atoms with Crippen molar-refractivity contribution in [1.29, 1.82) is 0 Å². The number of carbonyl (C=O) groups is 2. The van der Waals surface area contributed by atoms with Crippen LogP contribution in [0.1, 0.15) is 40.4 Å². The molecule has 0 aliphatic carbocycles. The molecule has 0 spiro atoms. The highest BCUT2D eigenvalue weighted by molar-refractivity contribution is 6.32. The summed E-state index contributed by atoms with van der Waals surface area (Å²) < 4.78 is 16.0. The molecular weight excluding hydrogens is 396 g/mol. The first-order valence-corrected chi connectivity index (χ1v) is 9.71. The fraction of sp³-hybridized carbons (Fsp3) is 0.381. The lowest BCUT2D eigenvalue weighted by atomic mass is 10.0. The van der Waals surface area contributed by atoms with Gasteiger partial charge in [0.2, 0.25) is 5.88 Å². The van der Waals surface area contributed by atoms with Gasteiger partial charge in [0.25, 0.3) is 5.91 Å². The van der Waals surface area contributed by atoms with Gasteiger partial charge in [0.15, 0.2) is 6.04 Å². The predicted octanol–water partition coefficient (Wildman–Crippen LogP) is 3.25. The van der Waals surface area contributed by atoms with Gasteiger partial charge in [-0.15, -0.1) is 0 Å². The average molecular weight is 419 g/mol. The molecule has 1 aromatic heterocycles. The van der Waals surface area contributed by atoms with Gasteiger partial charge < -0.3 is 19.5 Å². The molecule has 1 amide bonds. The number of aromatic nitrogens is 1. The summed E-state index contributed by atoms with van der Waals surface area (Å²) in [7, 11) is 1.28. The molecule has 1 aromatic carbocycles. The Morgan fingerprint density at radius 2 is 2.03 bits per heavy atom. The lowest BCUT2D eigenvalue weighted by Gasteiger charge is -2.23. The lowest BCUT2D eigenvalue weighted by Crippen LogP contribution is -2.34. The van der Waals surface area contributed by atoms with E-state index in [2.05, 4.69) is 10.3 Å². The van der Waals surface area contributed by atoms with Gasteiger partial charge in [-0.1, -0.05) is 41.4 Å². The van der Waals surface area contributed by atoms with Crippen LogP contribution in [0.3, 0.4) is 0 Å². The number of benzene rings is 1. The van der Waals surface area contributed by atoms with Crippen LogP contribution in [0.4, 0.5) is 0 Å². The Balaban J connectivity index is 1.74. The van der Waals surface area contributed by atoms with E-state index in [1.807, 2.05) is 25.1 Å². The fourth-order valence-electron chi connectivity index (χ4n) is 3.05. The number of hydrogen-bond donors (Lipinski definition) is 1. The van der Waals surface area contributed by atoms with E-state index in [-0.39, 0.29) is 22.6 Å². The van der Waals surface area contributed by atoms with Gasteiger partial charge in [0.1, 0.15) is 11.1 Å². The number of pyridine rings is 1. The minimum Gasteiger partial charge on any atom is -0.473 e. The second kappa shape index (κ2) is 9.71. The number of amides is 1. The fourth-order valence-corrected chi connectivity index (χ4v) is 3.26. The molecule has 2 heterocycles. The Bertz CT molecular complexity index is 883. The van der Waals surface area contributed by atoms with Gasteiger partial charge in [0, 0.05) is 19.0 Å². The number of ether oxygens (including phenoxy) is 3. The van der Waals surface area contributed by atoms with Gasteiger partial charge in [-0.2, -0.15) is 0 Å². The molecule has 1 N–H and O–H groups in total. The minimum atomic E-state index is -0.940. The third kappa shape index (κ3) is 5.46. The zero-order valence-corrected chi connectivity index (χ0v) is 17.1. The molecule has 1 aliphatic rings. The van der Waals surface area contributed by atoms with Crippen LogP contribution in [0.5, 0.6) is 5.88 Å². The van der Waals surface area contributed by atoms with Crippen LogP contribution >= 0.6 is 11.6 Å². The highest BCUT2D eigenvalue weighted by Crippen LogP contribution is 2.26. The van der Waals surface area contributed by atoms with E-state index in [0.29, 0.717) is 18.8 Å². The molecule has 1 unspecified atom stereocenters. The normalized spacial score (nSPS) is 15.4.